The fourth-order valence-corrected chi connectivity index (χ4v) is 3.17. The van der Waals surface area contributed by atoms with Crippen molar-refractivity contribution in [2.75, 3.05) is 44.8 Å². The summed E-state index contributed by atoms with van der Waals surface area (Å²) >= 11 is 0. The van der Waals surface area contributed by atoms with Crippen molar-refractivity contribution in [3.63, 3.8) is 0 Å². The molecule has 27 heavy (non-hydrogen) atoms. The van der Waals surface area contributed by atoms with Crippen molar-refractivity contribution in [3.05, 3.63) is 36.5 Å². The zero-order valence-corrected chi connectivity index (χ0v) is 15.9. The summed E-state index contributed by atoms with van der Waals surface area (Å²) in [5, 5.41) is 11.2. The zero-order chi connectivity index (χ0) is 19.1. The van der Waals surface area contributed by atoms with Gasteiger partial charge in [-0.15, -0.1) is 10.2 Å². The third-order valence-electron chi connectivity index (χ3n) is 4.66. The van der Waals surface area contributed by atoms with Crippen LogP contribution in [0, 0.1) is 0 Å². The highest BCUT2D eigenvalue weighted by atomic mass is 16.5. The normalized spacial score (nSPS) is 15.6. The summed E-state index contributed by atoms with van der Waals surface area (Å²) in [5.41, 5.74) is 0. The van der Waals surface area contributed by atoms with E-state index in [9.17, 15) is 4.79 Å². The van der Waals surface area contributed by atoms with Crippen LogP contribution in [0.15, 0.2) is 30.7 Å². The largest absolute Gasteiger partial charge is 0.385 e. The molecule has 146 valence electrons. The number of hydrogen-bond donors (Lipinski definition) is 1. The minimum absolute atomic E-state index is 0.0744. The maximum absolute atomic E-state index is 12.6. The summed E-state index contributed by atoms with van der Waals surface area (Å²) in [6.07, 6.45) is 4.36. The predicted molar refractivity (Wildman–Crippen MR) is 101 cm³/mol. The molecule has 1 N–H and O–H groups in total. The number of urea groups is 1. The van der Waals surface area contributed by atoms with Crippen molar-refractivity contribution in [1.82, 2.24) is 30.0 Å². The number of rotatable bonds is 7. The number of nitrogens with one attached hydrogen (secondary N) is 1. The van der Waals surface area contributed by atoms with Crippen molar-refractivity contribution in [2.45, 2.75) is 25.9 Å². The lowest BCUT2D eigenvalue weighted by molar-refractivity contribution is 0.187. The van der Waals surface area contributed by atoms with E-state index >= 15 is 0 Å². The van der Waals surface area contributed by atoms with Gasteiger partial charge in [0.2, 0.25) is 0 Å². The Morgan fingerprint density at radius 3 is 2.81 bits per heavy atom. The number of aryl methyl sites for hydroxylation is 1. The van der Waals surface area contributed by atoms with Crippen LogP contribution >= 0.6 is 0 Å². The van der Waals surface area contributed by atoms with E-state index in [1.54, 1.807) is 19.6 Å². The SMILES string of the molecule is COCCCn1cnnc1[C@@H](C)NC(=O)N1CCN(c2ccccn2)CC1. The summed E-state index contributed by atoms with van der Waals surface area (Å²) in [7, 11) is 1.68. The smallest absolute Gasteiger partial charge is 0.318 e. The van der Waals surface area contributed by atoms with Crippen molar-refractivity contribution in [2.24, 2.45) is 0 Å². The molecule has 0 unspecified atom stereocenters. The van der Waals surface area contributed by atoms with E-state index in [0.717, 1.165) is 37.7 Å². The molecule has 2 aromatic rings. The van der Waals surface area contributed by atoms with Crippen LogP contribution in [0.25, 0.3) is 0 Å². The highest BCUT2D eigenvalue weighted by molar-refractivity contribution is 5.75. The molecule has 0 spiro atoms. The van der Waals surface area contributed by atoms with Gasteiger partial charge in [-0.05, 0) is 25.5 Å². The molecule has 3 heterocycles. The molecular formula is C18H27N7O2. The Kier molecular flexibility index (Phi) is 6.59. The van der Waals surface area contributed by atoms with E-state index in [4.69, 9.17) is 4.74 Å². The molecule has 2 aromatic heterocycles. The molecule has 0 bridgehead atoms. The number of piperazine rings is 1. The van der Waals surface area contributed by atoms with E-state index < -0.39 is 0 Å². The van der Waals surface area contributed by atoms with Gasteiger partial charge in [-0.2, -0.15) is 0 Å². The topological polar surface area (TPSA) is 88.4 Å². The number of aromatic nitrogens is 4. The van der Waals surface area contributed by atoms with Gasteiger partial charge in [-0.25, -0.2) is 9.78 Å². The van der Waals surface area contributed by atoms with E-state index in [1.165, 1.54) is 0 Å². The molecule has 1 aliphatic heterocycles. The Hall–Kier alpha value is -2.68. The van der Waals surface area contributed by atoms with Gasteiger partial charge in [0.15, 0.2) is 5.82 Å². The number of nitrogens with zero attached hydrogens (tertiary/aromatic N) is 6. The van der Waals surface area contributed by atoms with E-state index in [-0.39, 0.29) is 12.1 Å². The average molecular weight is 373 g/mol. The van der Waals surface area contributed by atoms with Gasteiger partial charge >= 0.3 is 6.03 Å². The van der Waals surface area contributed by atoms with Crippen LogP contribution in [0.5, 0.6) is 0 Å². The summed E-state index contributed by atoms with van der Waals surface area (Å²) in [6.45, 7) is 6.24. The third kappa shape index (κ3) is 4.94. The Bertz CT molecular complexity index is 714. The monoisotopic (exact) mass is 373 g/mol. The second kappa shape index (κ2) is 9.31. The van der Waals surface area contributed by atoms with Crippen LogP contribution in [-0.4, -0.2) is 70.6 Å². The van der Waals surface area contributed by atoms with E-state index in [0.29, 0.717) is 19.7 Å². The average Bonchev–Trinajstić information content (AvgIpc) is 3.18. The molecule has 3 rings (SSSR count). The third-order valence-corrected chi connectivity index (χ3v) is 4.66. The van der Waals surface area contributed by atoms with Gasteiger partial charge in [0, 0.05) is 52.6 Å². The Labute approximate surface area is 159 Å². The molecule has 9 heteroatoms. The van der Waals surface area contributed by atoms with E-state index in [1.807, 2.05) is 34.6 Å². The maximum atomic E-state index is 12.6. The van der Waals surface area contributed by atoms with Crippen LogP contribution in [0.1, 0.15) is 25.2 Å². The molecule has 9 nitrogen and oxygen atoms in total. The highest BCUT2D eigenvalue weighted by Gasteiger charge is 2.24. The predicted octanol–water partition coefficient (Wildman–Crippen LogP) is 1.30. The van der Waals surface area contributed by atoms with Gasteiger partial charge in [0.05, 0.1) is 6.04 Å². The number of pyridine rings is 1. The minimum Gasteiger partial charge on any atom is -0.385 e. The zero-order valence-electron chi connectivity index (χ0n) is 15.9. The molecule has 0 radical (unpaired) electrons. The van der Waals surface area contributed by atoms with Gasteiger partial charge < -0.3 is 24.4 Å². The summed E-state index contributed by atoms with van der Waals surface area (Å²) in [6, 6.07) is 5.59. The first-order valence-corrected chi connectivity index (χ1v) is 9.27. The van der Waals surface area contributed by atoms with Gasteiger partial charge in [-0.1, -0.05) is 6.07 Å². The molecule has 0 aliphatic carbocycles. The second-order valence-corrected chi connectivity index (χ2v) is 6.56. The van der Waals surface area contributed by atoms with Crippen LogP contribution in [0.2, 0.25) is 0 Å². The number of ether oxygens (including phenoxy) is 1. The number of amides is 2. The Morgan fingerprint density at radius 1 is 1.30 bits per heavy atom. The van der Waals surface area contributed by atoms with Gasteiger partial charge in [-0.3, -0.25) is 0 Å². The Morgan fingerprint density at radius 2 is 2.11 bits per heavy atom. The molecular weight excluding hydrogens is 346 g/mol. The van der Waals surface area contributed by atoms with Crippen LogP contribution in [0.4, 0.5) is 10.6 Å². The fraction of sp³-hybridized carbons (Fsp3) is 0.556. The van der Waals surface area contributed by atoms with Gasteiger partial charge in [0.25, 0.3) is 0 Å². The maximum Gasteiger partial charge on any atom is 0.318 e. The van der Waals surface area contributed by atoms with Crippen molar-refractivity contribution < 1.29 is 9.53 Å². The summed E-state index contributed by atoms with van der Waals surface area (Å²) in [4.78, 5) is 21.0. The lowest BCUT2D eigenvalue weighted by Gasteiger charge is -2.35. The lowest BCUT2D eigenvalue weighted by Crippen LogP contribution is -2.52. The molecule has 1 saturated heterocycles. The second-order valence-electron chi connectivity index (χ2n) is 6.56. The first kappa shape index (κ1) is 19.1. The molecule has 1 atom stereocenters. The fourth-order valence-electron chi connectivity index (χ4n) is 3.17. The van der Waals surface area contributed by atoms with Gasteiger partial charge in [0.1, 0.15) is 12.1 Å². The summed E-state index contributed by atoms with van der Waals surface area (Å²) in [5.74, 6) is 1.71. The van der Waals surface area contributed by atoms with Crippen LogP contribution in [-0.2, 0) is 11.3 Å². The molecule has 1 fully saturated rings. The Balaban J connectivity index is 1.50. The first-order chi connectivity index (χ1) is 13.2. The highest BCUT2D eigenvalue weighted by Crippen LogP contribution is 2.14. The molecule has 2 amide bonds. The van der Waals surface area contributed by atoms with Crippen molar-refractivity contribution >= 4 is 11.8 Å². The molecule has 0 saturated carbocycles. The van der Waals surface area contributed by atoms with Crippen molar-refractivity contribution in [1.29, 1.82) is 0 Å². The van der Waals surface area contributed by atoms with Crippen LogP contribution < -0.4 is 10.2 Å². The molecule has 0 aromatic carbocycles. The quantitative estimate of drug-likeness (QED) is 0.736. The minimum atomic E-state index is -0.212. The number of carbonyl (C=O) groups is 1. The lowest BCUT2D eigenvalue weighted by atomic mass is 10.3. The first-order valence-electron chi connectivity index (χ1n) is 9.27. The number of methoxy groups -OCH3 is 1. The molecule has 1 aliphatic rings. The van der Waals surface area contributed by atoms with Crippen molar-refractivity contribution in [3.8, 4) is 0 Å². The van der Waals surface area contributed by atoms with E-state index in [2.05, 4.69) is 25.4 Å². The standard InChI is InChI=1S/C18H27N7O2/c1-15(17-22-20-14-25(17)8-5-13-27-2)21-18(26)24-11-9-23(10-12-24)16-6-3-4-7-19-16/h3-4,6-7,14-15H,5,8-13H2,1-2H3,(H,21,26)/t15-/m1/s1. The summed E-state index contributed by atoms with van der Waals surface area (Å²) < 4.78 is 7.05. The van der Waals surface area contributed by atoms with Crippen LogP contribution in [0.3, 0.4) is 0 Å². The number of hydrogen-bond acceptors (Lipinski definition) is 6. The number of carbonyl (C=O) groups excluding carboxylic acids is 1. The number of anilines is 1.